The van der Waals surface area contributed by atoms with Crippen molar-refractivity contribution in [2.75, 3.05) is 26.2 Å². The maximum absolute atomic E-state index is 12.7. The van der Waals surface area contributed by atoms with Crippen LogP contribution < -0.4 is 19.1 Å². The second kappa shape index (κ2) is 7.86. The fourth-order valence-electron chi connectivity index (χ4n) is 2.44. The van der Waals surface area contributed by atoms with Gasteiger partial charge in [-0.25, -0.2) is 9.88 Å². The molecule has 3 rings (SSSR count). The Balaban J connectivity index is 1.96. The number of nitrogens with zero attached hydrogens (tertiary/aromatic N) is 3. The number of carbonyl (C=O) groups is 1. The van der Waals surface area contributed by atoms with Gasteiger partial charge in [0.1, 0.15) is 6.20 Å². The monoisotopic (exact) mass is 422 g/mol. The molecule has 10 nitrogen and oxygen atoms in total. The summed E-state index contributed by atoms with van der Waals surface area (Å²) in [5, 5.41) is 18.7. The van der Waals surface area contributed by atoms with E-state index in [9.17, 15) is 14.9 Å². The van der Waals surface area contributed by atoms with Crippen molar-refractivity contribution >= 4 is 50.4 Å². The molecular formula is C16H14N4O6S2. The number of amidine groups is 1. The highest BCUT2D eigenvalue weighted by atomic mass is 32.2. The van der Waals surface area contributed by atoms with Gasteiger partial charge in [-0.15, -0.1) is 0 Å². The molecule has 1 aromatic carbocycles. The maximum Gasteiger partial charge on any atom is 0.345 e. The summed E-state index contributed by atoms with van der Waals surface area (Å²) in [5.74, 6) is 0.772. The van der Waals surface area contributed by atoms with E-state index in [2.05, 4.69) is 4.98 Å². The number of nitrogens with one attached hydrogen (secondary N) is 1. The molecular weight excluding hydrogens is 408 g/mol. The Bertz CT molecular complexity index is 978. The molecule has 0 spiro atoms. The molecule has 1 N–H and O–H groups in total. The minimum atomic E-state index is -0.592. The summed E-state index contributed by atoms with van der Waals surface area (Å²) in [4.78, 5) is 28.2. The summed E-state index contributed by atoms with van der Waals surface area (Å²) >= 11 is 1.66. The van der Waals surface area contributed by atoms with Crippen LogP contribution in [0.2, 0.25) is 0 Å². The number of hydrogen-bond acceptors (Lipinski definition) is 10. The topological polar surface area (TPSA) is 128 Å². The van der Waals surface area contributed by atoms with Crippen LogP contribution in [0.1, 0.15) is 5.56 Å². The molecule has 12 heteroatoms. The molecule has 1 aromatic heterocycles. The van der Waals surface area contributed by atoms with E-state index in [1.165, 1.54) is 21.3 Å². The number of benzene rings is 1. The zero-order chi connectivity index (χ0) is 20.4. The number of nitro groups is 1. The summed E-state index contributed by atoms with van der Waals surface area (Å²) in [6, 6.07) is 3.34. The van der Waals surface area contributed by atoms with Crippen LogP contribution in [0.5, 0.6) is 17.2 Å². The molecule has 1 fully saturated rings. The number of anilines is 1. The first-order chi connectivity index (χ1) is 13.4. The van der Waals surface area contributed by atoms with Gasteiger partial charge in [-0.1, -0.05) is 0 Å². The third kappa shape index (κ3) is 3.51. The number of ether oxygens (including phenoxy) is 3. The number of thiazole rings is 1. The van der Waals surface area contributed by atoms with Crippen LogP contribution in [0.15, 0.2) is 23.2 Å². The second-order valence-electron chi connectivity index (χ2n) is 5.25. The minimum Gasteiger partial charge on any atom is -0.493 e. The van der Waals surface area contributed by atoms with Crippen LogP contribution in [0, 0.1) is 15.5 Å². The van der Waals surface area contributed by atoms with Gasteiger partial charge in [-0.05, 0) is 46.9 Å². The lowest BCUT2D eigenvalue weighted by Gasteiger charge is -2.13. The Morgan fingerprint density at radius 3 is 2.36 bits per heavy atom. The quantitative estimate of drug-likeness (QED) is 0.427. The van der Waals surface area contributed by atoms with Crippen molar-refractivity contribution in [2.45, 2.75) is 0 Å². The van der Waals surface area contributed by atoms with Gasteiger partial charge in [-0.3, -0.25) is 20.3 Å². The summed E-state index contributed by atoms with van der Waals surface area (Å²) in [6.07, 6.45) is 2.64. The van der Waals surface area contributed by atoms with Crippen LogP contribution in [0.25, 0.3) is 6.08 Å². The molecule has 146 valence electrons. The van der Waals surface area contributed by atoms with E-state index < -0.39 is 10.8 Å². The van der Waals surface area contributed by atoms with E-state index in [-0.39, 0.29) is 20.2 Å². The Labute approximate surface area is 167 Å². The summed E-state index contributed by atoms with van der Waals surface area (Å²) in [5.41, 5.74) is 0.602. The average molecular weight is 422 g/mol. The van der Waals surface area contributed by atoms with Crippen molar-refractivity contribution < 1.29 is 23.9 Å². The van der Waals surface area contributed by atoms with Gasteiger partial charge < -0.3 is 14.2 Å². The highest BCUT2D eigenvalue weighted by Gasteiger charge is 2.36. The summed E-state index contributed by atoms with van der Waals surface area (Å²) in [6.45, 7) is 0. The molecule has 0 saturated carbocycles. The molecule has 1 aliphatic rings. The Kier molecular flexibility index (Phi) is 5.51. The molecule has 2 aromatic rings. The summed E-state index contributed by atoms with van der Waals surface area (Å²) < 4.78 is 15.9. The molecule has 0 atom stereocenters. The lowest BCUT2D eigenvalue weighted by molar-refractivity contribution is -0.380. The molecule has 1 saturated heterocycles. The first-order valence-corrected chi connectivity index (χ1v) is 9.25. The Morgan fingerprint density at radius 2 is 1.86 bits per heavy atom. The number of methoxy groups -OCH3 is 3. The van der Waals surface area contributed by atoms with E-state index in [1.807, 2.05) is 0 Å². The van der Waals surface area contributed by atoms with E-state index in [0.29, 0.717) is 22.8 Å². The fraction of sp³-hybridized carbons (Fsp3) is 0.188. The first-order valence-electron chi connectivity index (χ1n) is 7.62. The van der Waals surface area contributed by atoms with Crippen molar-refractivity contribution in [1.29, 1.82) is 5.41 Å². The molecule has 0 unspecified atom stereocenters. The number of amides is 1. The number of aromatic nitrogens is 1. The normalized spacial score (nSPS) is 15.2. The van der Waals surface area contributed by atoms with Crippen LogP contribution in [-0.2, 0) is 4.79 Å². The molecule has 2 heterocycles. The van der Waals surface area contributed by atoms with Crippen molar-refractivity contribution in [3.05, 3.63) is 38.9 Å². The Morgan fingerprint density at radius 1 is 1.21 bits per heavy atom. The van der Waals surface area contributed by atoms with E-state index in [1.54, 1.807) is 18.2 Å². The zero-order valence-electron chi connectivity index (χ0n) is 14.9. The van der Waals surface area contributed by atoms with Crippen LogP contribution in [0.4, 0.5) is 10.1 Å². The largest absolute Gasteiger partial charge is 0.493 e. The van der Waals surface area contributed by atoms with E-state index in [0.717, 1.165) is 34.2 Å². The number of hydrogen-bond donors (Lipinski definition) is 1. The molecule has 0 radical (unpaired) electrons. The van der Waals surface area contributed by atoms with E-state index in [4.69, 9.17) is 19.6 Å². The van der Waals surface area contributed by atoms with Gasteiger partial charge in [0.2, 0.25) is 10.9 Å². The van der Waals surface area contributed by atoms with Crippen LogP contribution in [-0.4, -0.2) is 42.3 Å². The minimum absolute atomic E-state index is 0.0718. The zero-order valence-corrected chi connectivity index (χ0v) is 16.6. The standard InChI is InChI=1S/C16H14N4O6S2/c1-24-9-4-8(5-10(25-2)13(9)26-3)6-11-14(21)19(15(17)27-11)16-18-7-12(28-16)20(22)23/h4-7,17H,1-3H3/b11-6-,17-15?. The lowest BCUT2D eigenvalue weighted by atomic mass is 10.1. The van der Waals surface area contributed by atoms with Gasteiger partial charge in [0.05, 0.1) is 31.2 Å². The van der Waals surface area contributed by atoms with Crippen molar-refractivity contribution in [1.82, 2.24) is 4.98 Å². The number of carbonyl (C=O) groups excluding carboxylic acids is 1. The maximum atomic E-state index is 12.7. The third-order valence-corrected chi connectivity index (χ3v) is 5.48. The smallest absolute Gasteiger partial charge is 0.345 e. The third-order valence-electron chi connectivity index (χ3n) is 3.66. The molecule has 0 bridgehead atoms. The number of rotatable bonds is 6. The predicted molar refractivity (Wildman–Crippen MR) is 106 cm³/mol. The lowest BCUT2D eigenvalue weighted by Crippen LogP contribution is -2.27. The van der Waals surface area contributed by atoms with Crippen molar-refractivity contribution in [2.24, 2.45) is 0 Å². The molecule has 28 heavy (non-hydrogen) atoms. The SMILES string of the molecule is COc1cc(/C=C2\SC(=N)N(c3ncc([N+](=O)[O-])s3)C2=O)cc(OC)c1OC. The van der Waals surface area contributed by atoms with Gasteiger partial charge in [0, 0.05) is 0 Å². The number of thioether (sulfide) groups is 1. The Hall–Kier alpha value is -3.12. The van der Waals surface area contributed by atoms with Crippen molar-refractivity contribution in [3.8, 4) is 17.2 Å². The predicted octanol–water partition coefficient (Wildman–Crippen LogP) is 3.13. The van der Waals surface area contributed by atoms with Crippen LogP contribution >= 0.6 is 23.1 Å². The van der Waals surface area contributed by atoms with Gasteiger partial charge in [-0.2, -0.15) is 0 Å². The van der Waals surface area contributed by atoms with Crippen molar-refractivity contribution in [3.63, 3.8) is 0 Å². The van der Waals surface area contributed by atoms with E-state index >= 15 is 0 Å². The highest BCUT2D eigenvalue weighted by molar-refractivity contribution is 8.19. The van der Waals surface area contributed by atoms with Gasteiger partial charge in [0.25, 0.3) is 5.91 Å². The van der Waals surface area contributed by atoms with Gasteiger partial charge in [0.15, 0.2) is 16.7 Å². The molecule has 1 amide bonds. The summed E-state index contributed by atoms with van der Waals surface area (Å²) in [7, 11) is 4.45. The first kappa shape index (κ1) is 19.6. The van der Waals surface area contributed by atoms with Gasteiger partial charge >= 0.3 is 5.00 Å². The van der Waals surface area contributed by atoms with Crippen LogP contribution in [0.3, 0.4) is 0 Å². The highest BCUT2D eigenvalue weighted by Crippen LogP contribution is 2.41. The second-order valence-corrected chi connectivity index (χ2v) is 7.27. The average Bonchev–Trinajstić information content (AvgIpc) is 3.25. The molecule has 0 aliphatic carbocycles. The molecule has 1 aliphatic heterocycles. The fourth-order valence-corrected chi connectivity index (χ4v) is 4.08.